The zero-order valence-electron chi connectivity index (χ0n) is 24.4. The van der Waals surface area contributed by atoms with Crippen LogP contribution in [0.4, 0.5) is 17.1 Å². The molecule has 0 radical (unpaired) electrons. The van der Waals surface area contributed by atoms with Crippen LogP contribution in [0.1, 0.15) is 19.4 Å². The minimum absolute atomic E-state index is 0.719. The molecular formula is C39H32N4. The molecule has 1 aliphatic heterocycles. The standard InChI is InChI=1S/C37H26N4.C2H6/c1-38-33-13-4-7-16-36(33)40-24-32-28(29-11-2-5-14-34(29)40)17-18-31-30-12-3-6-15-35(30)41(37(31)32)27-10-8-9-26(23-27)25-19-21-39-22-20-25;1-2/h2-23H,1,24H2;1-2H3. The molecule has 0 unspecified atom stereocenters. The summed E-state index contributed by atoms with van der Waals surface area (Å²) in [5, 5.41) is 2.50. The van der Waals surface area contributed by atoms with Crippen molar-refractivity contribution in [3.63, 3.8) is 0 Å². The minimum atomic E-state index is 0.719. The van der Waals surface area contributed by atoms with Gasteiger partial charge in [0.25, 0.3) is 0 Å². The highest BCUT2D eigenvalue weighted by atomic mass is 15.2. The molecule has 5 aromatic carbocycles. The Labute approximate surface area is 252 Å². The molecule has 0 spiro atoms. The van der Waals surface area contributed by atoms with Gasteiger partial charge >= 0.3 is 0 Å². The number of hydrogen-bond donors (Lipinski definition) is 0. The highest BCUT2D eigenvalue weighted by Gasteiger charge is 2.28. The first kappa shape index (κ1) is 26.4. The summed E-state index contributed by atoms with van der Waals surface area (Å²) < 4.78 is 2.44. The van der Waals surface area contributed by atoms with Gasteiger partial charge in [0.15, 0.2) is 0 Å². The molecule has 43 heavy (non-hydrogen) atoms. The molecule has 208 valence electrons. The van der Waals surface area contributed by atoms with E-state index >= 15 is 0 Å². The molecule has 2 aromatic heterocycles. The molecule has 1 aliphatic rings. The lowest BCUT2D eigenvalue weighted by Gasteiger charge is -2.34. The van der Waals surface area contributed by atoms with Gasteiger partial charge in [0.2, 0.25) is 0 Å². The van der Waals surface area contributed by atoms with Crippen molar-refractivity contribution in [2.24, 2.45) is 4.99 Å². The Morgan fingerprint density at radius 2 is 1.40 bits per heavy atom. The molecule has 4 nitrogen and oxygen atoms in total. The highest BCUT2D eigenvalue weighted by molar-refractivity contribution is 6.12. The van der Waals surface area contributed by atoms with Gasteiger partial charge in [0.1, 0.15) is 0 Å². The highest BCUT2D eigenvalue weighted by Crippen LogP contribution is 2.48. The van der Waals surface area contributed by atoms with Crippen LogP contribution in [0.3, 0.4) is 0 Å². The first-order valence-electron chi connectivity index (χ1n) is 14.8. The van der Waals surface area contributed by atoms with Crippen LogP contribution < -0.4 is 4.90 Å². The van der Waals surface area contributed by atoms with Gasteiger partial charge in [0, 0.05) is 45.7 Å². The average Bonchev–Trinajstić information content (AvgIpc) is 3.44. The third-order valence-corrected chi connectivity index (χ3v) is 8.20. The van der Waals surface area contributed by atoms with Crippen molar-refractivity contribution in [2.75, 3.05) is 4.90 Å². The van der Waals surface area contributed by atoms with Crippen molar-refractivity contribution >= 4 is 45.6 Å². The van der Waals surface area contributed by atoms with E-state index in [0.29, 0.717) is 0 Å². The van der Waals surface area contributed by atoms with E-state index < -0.39 is 0 Å². The summed E-state index contributed by atoms with van der Waals surface area (Å²) in [6, 6.07) is 43.2. The summed E-state index contributed by atoms with van der Waals surface area (Å²) in [5.74, 6) is 0. The van der Waals surface area contributed by atoms with Crippen LogP contribution in [0.5, 0.6) is 0 Å². The smallest absolute Gasteiger partial charge is 0.0859 e. The summed E-state index contributed by atoms with van der Waals surface area (Å²) >= 11 is 0. The predicted molar refractivity (Wildman–Crippen MR) is 182 cm³/mol. The van der Waals surface area contributed by atoms with E-state index in [0.717, 1.165) is 29.2 Å². The molecule has 4 heteroatoms. The van der Waals surface area contributed by atoms with Gasteiger partial charge in [-0.15, -0.1) is 0 Å². The summed E-state index contributed by atoms with van der Waals surface area (Å²) in [5.41, 5.74) is 12.8. The monoisotopic (exact) mass is 556 g/mol. The second-order valence-corrected chi connectivity index (χ2v) is 10.4. The zero-order chi connectivity index (χ0) is 29.3. The Balaban J connectivity index is 0.00000147. The number of anilines is 2. The Morgan fingerprint density at radius 1 is 0.651 bits per heavy atom. The maximum absolute atomic E-state index is 4.37. The van der Waals surface area contributed by atoms with E-state index in [2.05, 4.69) is 135 Å². The normalized spacial score (nSPS) is 11.9. The minimum Gasteiger partial charge on any atom is -0.335 e. The summed E-state index contributed by atoms with van der Waals surface area (Å²) in [6.07, 6.45) is 3.70. The average molecular weight is 557 g/mol. The van der Waals surface area contributed by atoms with Crippen LogP contribution in [0.15, 0.2) is 139 Å². The number of benzene rings is 5. The fourth-order valence-electron chi connectivity index (χ4n) is 6.40. The molecule has 0 saturated carbocycles. The maximum Gasteiger partial charge on any atom is 0.0859 e. The second kappa shape index (κ2) is 11.1. The quantitative estimate of drug-likeness (QED) is 0.202. The Kier molecular flexibility index (Phi) is 6.80. The summed E-state index contributed by atoms with van der Waals surface area (Å²) in [6.45, 7) is 8.59. The molecule has 0 aliphatic carbocycles. The van der Waals surface area contributed by atoms with Gasteiger partial charge in [-0.05, 0) is 71.9 Å². The fourth-order valence-corrected chi connectivity index (χ4v) is 6.40. The first-order chi connectivity index (χ1) is 21.3. The molecule has 0 bridgehead atoms. The van der Waals surface area contributed by atoms with E-state index in [1.807, 2.05) is 38.4 Å². The van der Waals surface area contributed by atoms with Crippen LogP contribution in [-0.2, 0) is 6.54 Å². The molecule has 0 atom stereocenters. The number of fused-ring (bicyclic) bond motifs is 7. The van der Waals surface area contributed by atoms with Crippen LogP contribution >= 0.6 is 0 Å². The molecule has 0 saturated heterocycles. The van der Waals surface area contributed by atoms with Crippen LogP contribution in [-0.4, -0.2) is 16.3 Å². The van der Waals surface area contributed by atoms with Gasteiger partial charge in [-0.1, -0.05) is 86.6 Å². The lowest BCUT2D eigenvalue weighted by molar-refractivity contribution is 0.961. The largest absolute Gasteiger partial charge is 0.335 e. The van der Waals surface area contributed by atoms with Gasteiger partial charge in [-0.2, -0.15) is 0 Å². The second-order valence-electron chi connectivity index (χ2n) is 10.4. The Bertz CT molecular complexity index is 2110. The number of aromatic nitrogens is 2. The molecule has 0 amide bonds. The molecule has 0 fully saturated rings. The lowest BCUT2D eigenvalue weighted by atomic mass is 9.91. The summed E-state index contributed by atoms with van der Waals surface area (Å²) in [4.78, 5) is 11.0. The Morgan fingerprint density at radius 3 is 2.23 bits per heavy atom. The van der Waals surface area contributed by atoms with Crippen molar-refractivity contribution < 1.29 is 0 Å². The number of para-hydroxylation sites is 4. The maximum atomic E-state index is 4.37. The molecule has 7 aromatic rings. The topological polar surface area (TPSA) is 33.4 Å². The fraction of sp³-hybridized carbons (Fsp3) is 0.0769. The van der Waals surface area contributed by atoms with E-state index in [1.165, 1.54) is 49.7 Å². The van der Waals surface area contributed by atoms with Crippen molar-refractivity contribution in [3.8, 4) is 27.9 Å². The molecule has 0 N–H and O–H groups in total. The molecule has 3 heterocycles. The van der Waals surface area contributed by atoms with Crippen LogP contribution in [0.25, 0.3) is 49.7 Å². The SMILES string of the molecule is C=Nc1ccccc1N1Cc2c(ccc3c4ccccc4n(-c4cccc(-c5ccncc5)c4)c23)-c2ccccc21.CC. The van der Waals surface area contributed by atoms with Crippen molar-refractivity contribution in [3.05, 3.63) is 139 Å². The number of hydrogen-bond acceptors (Lipinski definition) is 3. The summed E-state index contributed by atoms with van der Waals surface area (Å²) in [7, 11) is 0. The van der Waals surface area contributed by atoms with Crippen molar-refractivity contribution in [1.82, 2.24) is 9.55 Å². The number of rotatable bonds is 4. The zero-order valence-corrected chi connectivity index (χ0v) is 24.4. The molecular weight excluding hydrogens is 524 g/mol. The van der Waals surface area contributed by atoms with Gasteiger partial charge in [0.05, 0.1) is 29.0 Å². The number of aliphatic imine (C=N–C) groups is 1. The van der Waals surface area contributed by atoms with Crippen LogP contribution in [0.2, 0.25) is 0 Å². The number of nitrogens with zero attached hydrogens (tertiary/aromatic N) is 4. The first-order valence-corrected chi connectivity index (χ1v) is 14.8. The van der Waals surface area contributed by atoms with Gasteiger partial charge in [-0.3, -0.25) is 9.98 Å². The van der Waals surface area contributed by atoms with Crippen molar-refractivity contribution in [2.45, 2.75) is 20.4 Å². The lowest BCUT2D eigenvalue weighted by Crippen LogP contribution is -2.22. The number of pyridine rings is 1. The van der Waals surface area contributed by atoms with E-state index in [1.54, 1.807) is 0 Å². The van der Waals surface area contributed by atoms with Gasteiger partial charge < -0.3 is 9.47 Å². The third kappa shape index (κ3) is 4.31. The third-order valence-electron chi connectivity index (χ3n) is 8.20. The molecule has 8 rings (SSSR count). The van der Waals surface area contributed by atoms with Gasteiger partial charge in [-0.25, -0.2) is 0 Å². The van der Waals surface area contributed by atoms with E-state index in [4.69, 9.17) is 0 Å². The van der Waals surface area contributed by atoms with E-state index in [9.17, 15) is 0 Å². The van der Waals surface area contributed by atoms with Crippen molar-refractivity contribution in [1.29, 1.82) is 0 Å². The van der Waals surface area contributed by atoms with E-state index in [-0.39, 0.29) is 0 Å². The van der Waals surface area contributed by atoms with Crippen LogP contribution in [0, 0.1) is 0 Å². The Hall–Kier alpha value is -5.48. The predicted octanol–water partition coefficient (Wildman–Crippen LogP) is 10.5.